The average Bonchev–Trinajstić information content (AvgIpc) is 3.48. The van der Waals surface area contributed by atoms with Crippen molar-refractivity contribution in [2.24, 2.45) is 12.5 Å². The molecule has 2 N–H and O–H groups in total. The number of benzene rings is 3. The smallest absolute Gasteiger partial charge is 0.266 e. The van der Waals surface area contributed by atoms with Crippen LogP contribution >= 0.6 is 23.2 Å². The van der Waals surface area contributed by atoms with E-state index in [1.165, 1.54) is 29.2 Å². The molecule has 3 aromatic carbocycles. The van der Waals surface area contributed by atoms with E-state index in [1.54, 1.807) is 44.5 Å². The number of imidazole rings is 1. The highest BCUT2D eigenvalue weighted by molar-refractivity contribution is 6.31. The molecule has 7 nitrogen and oxygen atoms in total. The number of alkyl halides is 2. The first-order chi connectivity index (χ1) is 21.0. The fraction of sp³-hybridized carbons (Fsp3) is 0.344. The summed E-state index contributed by atoms with van der Waals surface area (Å²) >= 11 is 12.3. The fourth-order valence-electron chi connectivity index (χ4n) is 5.14. The maximum atomic E-state index is 15.7. The zero-order valence-electron chi connectivity index (χ0n) is 25.0. The van der Waals surface area contributed by atoms with E-state index < -0.39 is 35.4 Å². The molecule has 0 spiro atoms. The number of rotatable bonds is 7. The summed E-state index contributed by atoms with van der Waals surface area (Å²) in [6, 6.07) is 9.84. The fourth-order valence-corrected chi connectivity index (χ4v) is 5.53. The van der Waals surface area contributed by atoms with Crippen LogP contribution in [0, 0.1) is 17.0 Å². The molecule has 13 heteroatoms. The molecule has 1 aliphatic heterocycles. The second kappa shape index (κ2) is 12.2. The van der Waals surface area contributed by atoms with E-state index in [2.05, 4.69) is 15.6 Å². The number of aromatic nitrogens is 2. The van der Waals surface area contributed by atoms with Crippen LogP contribution in [0.5, 0.6) is 0 Å². The van der Waals surface area contributed by atoms with Crippen molar-refractivity contribution < 1.29 is 27.2 Å². The van der Waals surface area contributed by atoms with Crippen molar-refractivity contribution in [3.8, 4) is 0 Å². The van der Waals surface area contributed by atoms with E-state index in [-0.39, 0.29) is 69.9 Å². The number of fused-ring (bicyclic) bond motifs is 1. The molecule has 0 aliphatic carbocycles. The van der Waals surface area contributed by atoms with Gasteiger partial charge < -0.3 is 20.1 Å². The molecule has 1 aromatic heterocycles. The minimum Gasteiger partial charge on any atom is -0.365 e. The normalized spacial score (nSPS) is 14.7. The Morgan fingerprint density at radius 2 is 1.78 bits per heavy atom. The van der Waals surface area contributed by atoms with Crippen molar-refractivity contribution >= 4 is 57.4 Å². The molecule has 0 bridgehead atoms. The topological polar surface area (TPSA) is 79.3 Å². The molecule has 1 aliphatic rings. The van der Waals surface area contributed by atoms with Crippen LogP contribution in [0.1, 0.15) is 54.5 Å². The number of carbonyl (C=O) groups is 2. The number of halogens is 6. The Bertz CT molecular complexity index is 1820. The van der Waals surface area contributed by atoms with Crippen LogP contribution < -0.4 is 15.5 Å². The third-order valence-electron chi connectivity index (χ3n) is 7.74. The van der Waals surface area contributed by atoms with Gasteiger partial charge in [-0.25, -0.2) is 22.5 Å². The number of amides is 2. The number of nitrogens with one attached hydrogen (secondary N) is 2. The van der Waals surface area contributed by atoms with Gasteiger partial charge in [-0.1, -0.05) is 50.0 Å². The van der Waals surface area contributed by atoms with Crippen molar-refractivity contribution in [2.45, 2.75) is 46.1 Å². The quantitative estimate of drug-likeness (QED) is 0.201. The molecule has 5 rings (SSSR count). The minimum atomic E-state index is -2.93. The van der Waals surface area contributed by atoms with Gasteiger partial charge in [0.25, 0.3) is 11.8 Å². The Morgan fingerprint density at radius 3 is 2.42 bits per heavy atom. The van der Waals surface area contributed by atoms with E-state index >= 15 is 4.39 Å². The monoisotopic (exact) mass is 663 g/mol. The second-order valence-electron chi connectivity index (χ2n) is 12.2. The van der Waals surface area contributed by atoms with Crippen LogP contribution in [0.25, 0.3) is 11.0 Å². The van der Waals surface area contributed by atoms with Gasteiger partial charge in [0, 0.05) is 60.2 Å². The summed E-state index contributed by atoms with van der Waals surface area (Å²) < 4.78 is 59.6. The molecule has 0 saturated carbocycles. The first kappa shape index (κ1) is 32.6. The largest absolute Gasteiger partial charge is 0.365 e. The standard InChI is InChI=1S/C32H31Cl2F4N5O2/c1-31(2,3)30(45)39-15-17-5-7-21(33)19(28(17)36)13-27-41-24-12-20(29(44)40-18-6-8-23(35)22(34)11-18)25(14-26(24)42(27)4)43-10-9-32(37,38)16-43/h5-8,11-12,14H,9-10,13,15-16H2,1-4H3,(H,39,45)(H,40,44). The summed E-state index contributed by atoms with van der Waals surface area (Å²) in [6.07, 6.45) is -0.399. The highest BCUT2D eigenvalue weighted by Gasteiger charge is 2.39. The Morgan fingerprint density at radius 1 is 1.04 bits per heavy atom. The highest BCUT2D eigenvalue weighted by Crippen LogP contribution is 2.36. The Labute approximate surface area is 267 Å². The number of carbonyl (C=O) groups excluding carboxylic acids is 2. The molecule has 4 aromatic rings. The van der Waals surface area contributed by atoms with Crippen LogP contribution in [0.2, 0.25) is 10.0 Å². The van der Waals surface area contributed by atoms with Crippen LogP contribution in [-0.2, 0) is 24.8 Å². The maximum absolute atomic E-state index is 15.7. The molecule has 0 radical (unpaired) electrons. The van der Waals surface area contributed by atoms with Crippen molar-refractivity contribution in [3.05, 3.63) is 86.7 Å². The molecule has 0 unspecified atom stereocenters. The molecular weight excluding hydrogens is 633 g/mol. The predicted molar refractivity (Wildman–Crippen MR) is 167 cm³/mol. The van der Waals surface area contributed by atoms with Gasteiger partial charge in [0.05, 0.1) is 33.9 Å². The molecule has 2 heterocycles. The van der Waals surface area contributed by atoms with Gasteiger partial charge in [-0.3, -0.25) is 9.59 Å². The molecule has 0 atom stereocenters. The lowest BCUT2D eigenvalue weighted by Gasteiger charge is -2.22. The number of hydrogen-bond donors (Lipinski definition) is 2. The van der Waals surface area contributed by atoms with Gasteiger partial charge in [-0.05, 0) is 36.4 Å². The zero-order valence-corrected chi connectivity index (χ0v) is 26.5. The van der Waals surface area contributed by atoms with E-state index in [4.69, 9.17) is 23.2 Å². The van der Waals surface area contributed by atoms with Gasteiger partial charge in [-0.2, -0.15) is 0 Å². The Balaban J connectivity index is 1.51. The summed E-state index contributed by atoms with van der Waals surface area (Å²) in [5.74, 6) is -4.63. The van der Waals surface area contributed by atoms with Gasteiger partial charge in [0.15, 0.2) is 0 Å². The predicted octanol–water partition coefficient (Wildman–Crippen LogP) is 7.51. The first-order valence-corrected chi connectivity index (χ1v) is 14.9. The van der Waals surface area contributed by atoms with E-state index in [1.807, 2.05) is 0 Å². The van der Waals surface area contributed by atoms with Crippen LogP contribution in [0.4, 0.5) is 28.9 Å². The Kier molecular flexibility index (Phi) is 8.80. The van der Waals surface area contributed by atoms with Crippen molar-refractivity contribution in [1.29, 1.82) is 0 Å². The summed E-state index contributed by atoms with van der Waals surface area (Å²) in [7, 11) is 1.70. The average molecular weight is 665 g/mol. The maximum Gasteiger partial charge on any atom is 0.266 e. The highest BCUT2D eigenvalue weighted by atomic mass is 35.5. The van der Waals surface area contributed by atoms with Crippen molar-refractivity contribution in [3.63, 3.8) is 0 Å². The molecule has 45 heavy (non-hydrogen) atoms. The number of anilines is 2. The van der Waals surface area contributed by atoms with Crippen molar-refractivity contribution in [2.75, 3.05) is 23.3 Å². The molecule has 2 amide bonds. The van der Waals surface area contributed by atoms with Gasteiger partial charge >= 0.3 is 0 Å². The molecular formula is C32H31Cl2F4N5O2. The van der Waals surface area contributed by atoms with E-state index in [9.17, 15) is 22.8 Å². The lowest BCUT2D eigenvalue weighted by molar-refractivity contribution is -0.128. The number of nitrogens with zero attached hydrogens (tertiary/aromatic N) is 3. The SMILES string of the molecule is Cn1c(Cc2c(Cl)ccc(CNC(=O)C(C)(C)C)c2F)nc2cc(C(=O)Nc3ccc(F)c(Cl)c3)c(N3CCC(F)(F)C3)cc21. The molecule has 1 fully saturated rings. The van der Waals surface area contributed by atoms with E-state index in [0.29, 0.717) is 16.9 Å². The molecule has 1 saturated heterocycles. The zero-order chi connectivity index (χ0) is 32.8. The summed E-state index contributed by atoms with van der Waals surface area (Å²) in [5.41, 5.74) is 1.23. The van der Waals surface area contributed by atoms with E-state index in [0.717, 1.165) is 6.07 Å². The van der Waals surface area contributed by atoms with Crippen molar-refractivity contribution in [1.82, 2.24) is 14.9 Å². The van der Waals surface area contributed by atoms with Crippen LogP contribution in [0.3, 0.4) is 0 Å². The van der Waals surface area contributed by atoms with Crippen LogP contribution in [0.15, 0.2) is 42.5 Å². The third-order valence-corrected chi connectivity index (χ3v) is 8.39. The van der Waals surface area contributed by atoms with Gasteiger partial charge in [0.1, 0.15) is 17.5 Å². The minimum absolute atomic E-state index is 0.0191. The number of hydrogen-bond acceptors (Lipinski definition) is 4. The lowest BCUT2D eigenvalue weighted by atomic mass is 9.95. The summed E-state index contributed by atoms with van der Waals surface area (Å²) in [6.45, 7) is 4.68. The van der Waals surface area contributed by atoms with Gasteiger partial charge in [-0.15, -0.1) is 0 Å². The lowest BCUT2D eigenvalue weighted by Crippen LogP contribution is -2.34. The molecule has 238 valence electrons. The summed E-state index contributed by atoms with van der Waals surface area (Å²) in [5, 5.41) is 5.37. The Hall–Kier alpha value is -3.83. The van der Waals surface area contributed by atoms with Crippen LogP contribution in [-0.4, -0.2) is 40.4 Å². The summed E-state index contributed by atoms with van der Waals surface area (Å²) in [4.78, 5) is 31.9. The number of aryl methyl sites for hydroxylation is 1. The second-order valence-corrected chi connectivity index (χ2v) is 13.0. The third kappa shape index (κ3) is 6.89. The first-order valence-electron chi connectivity index (χ1n) is 14.2. The van der Waals surface area contributed by atoms with Gasteiger partial charge in [0.2, 0.25) is 5.91 Å².